The van der Waals surface area contributed by atoms with E-state index in [1.165, 1.54) is 11.1 Å². The fourth-order valence-corrected chi connectivity index (χ4v) is 2.40. The molecule has 1 saturated carbocycles. The van der Waals surface area contributed by atoms with Crippen LogP contribution in [-0.2, 0) is 19.1 Å². The SMILES string of the molecule is Cc1ccc(/C=C2\CC2C=C2C(=O)OC(C)(C)OC2=O)cc1. The quantitative estimate of drug-likeness (QED) is 0.478. The molecule has 2 aliphatic rings. The minimum absolute atomic E-state index is 0.00312. The zero-order chi connectivity index (χ0) is 15.9. The summed E-state index contributed by atoms with van der Waals surface area (Å²) in [5.74, 6) is -2.29. The molecule has 1 saturated heterocycles. The van der Waals surface area contributed by atoms with Gasteiger partial charge in [-0.1, -0.05) is 47.6 Å². The Hall–Kier alpha value is -2.36. The minimum Gasteiger partial charge on any atom is -0.419 e. The molecule has 114 valence electrons. The fraction of sp³-hybridized carbons (Fsp3) is 0.333. The lowest BCUT2D eigenvalue weighted by molar-refractivity contribution is -0.222. The van der Waals surface area contributed by atoms with E-state index in [2.05, 4.69) is 30.3 Å². The fourth-order valence-electron chi connectivity index (χ4n) is 2.40. The summed E-state index contributed by atoms with van der Waals surface area (Å²) in [4.78, 5) is 23.8. The Morgan fingerprint density at radius 3 is 2.27 bits per heavy atom. The van der Waals surface area contributed by atoms with Crippen molar-refractivity contribution >= 4 is 18.0 Å². The maximum Gasteiger partial charge on any atom is 0.348 e. The maximum absolute atomic E-state index is 11.9. The Bertz CT molecular complexity index is 670. The Labute approximate surface area is 129 Å². The van der Waals surface area contributed by atoms with Crippen molar-refractivity contribution in [1.82, 2.24) is 0 Å². The van der Waals surface area contributed by atoms with E-state index >= 15 is 0 Å². The minimum atomic E-state index is -1.18. The monoisotopic (exact) mass is 298 g/mol. The molecule has 1 unspecified atom stereocenters. The lowest BCUT2D eigenvalue weighted by atomic mass is 10.1. The molecule has 0 radical (unpaired) electrons. The average Bonchev–Trinajstić information content (AvgIpc) is 3.14. The van der Waals surface area contributed by atoms with Crippen LogP contribution in [0.4, 0.5) is 0 Å². The number of hydrogen-bond acceptors (Lipinski definition) is 4. The van der Waals surface area contributed by atoms with Crippen LogP contribution in [0.3, 0.4) is 0 Å². The average molecular weight is 298 g/mol. The van der Waals surface area contributed by atoms with Gasteiger partial charge in [0, 0.05) is 19.8 Å². The van der Waals surface area contributed by atoms with E-state index in [0.717, 1.165) is 12.0 Å². The zero-order valence-electron chi connectivity index (χ0n) is 12.9. The third-order valence-corrected chi connectivity index (χ3v) is 3.69. The van der Waals surface area contributed by atoms with Crippen LogP contribution in [0.15, 0.2) is 41.5 Å². The van der Waals surface area contributed by atoms with Crippen molar-refractivity contribution in [2.75, 3.05) is 0 Å². The molecule has 3 rings (SSSR count). The van der Waals surface area contributed by atoms with Crippen LogP contribution in [0.5, 0.6) is 0 Å². The molecule has 1 atom stereocenters. The van der Waals surface area contributed by atoms with Crippen LogP contribution in [0.25, 0.3) is 6.08 Å². The number of ether oxygens (including phenoxy) is 2. The number of carbonyl (C=O) groups excluding carboxylic acids is 2. The molecule has 1 aliphatic carbocycles. The first kappa shape index (κ1) is 14.6. The van der Waals surface area contributed by atoms with E-state index < -0.39 is 17.7 Å². The highest BCUT2D eigenvalue weighted by Crippen LogP contribution is 2.41. The molecule has 0 bridgehead atoms. The van der Waals surface area contributed by atoms with Gasteiger partial charge in [-0.2, -0.15) is 0 Å². The van der Waals surface area contributed by atoms with Gasteiger partial charge < -0.3 is 9.47 Å². The van der Waals surface area contributed by atoms with E-state index in [9.17, 15) is 9.59 Å². The Morgan fingerprint density at radius 2 is 1.68 bits per heavy atom. The number of hydrogen-bond donors (Lipinski definition) is 0. The van der Waals surface area contributed by atoms with Gasteiger partial charge in [0.05, 0.1) is 0 Å². The lowest BCUT2D eigenvalue weighted by Crippen LogP contribution is -2.41. The van der Waals surface area contributed by atoms with Gasteiger partial charge in [0.2, 0.25) is 0 Å². The summed E-state index contributed by atoms with van der Waals surface area (Å²) in [6.07, 6.45) is 4.59. The highest BCUT2D eigenvalue weighted by atomic mass is 16.7. The van der Waals surface area contributed by atoms with Crippen LogP contribution in [0.1, 0.15) is 31.4 Å². The highest BCUT2D eigenvalue weighted by molar-refractivity contribution is 6.15. The van der Waals surface area contributed by atoms with Gasteiger partial charge in [0.15, 0.2) is 0 Å². The first-order valence-corrected chi connectivity index (χ1v) is 7.30. The summed E-state index contributed by atoms with van der Waals surface area (Å²) in [5, 5.41) is 0. The Morgan fingerprint density at radius 1 is 1.09 bits per heavy atom. The summed E-state index contributed by atoms with van der Waals surface area (Å²) in [5.41, 5.74) is 3.53. The third-order valence-electron chi connectivity index (χ3n) is 3.69. The second-order valence-electron chi connectivity index (χ2n) is 6.20. The molecule has 1 heterocycles. The Balaban J connectivity index is 1.73. The Kier molecular flexibility index (Phi) is 3.39. The second kappa shape index (κ2) is 5.13. The smallest absolute Gasteiger partial charge is 0.348 e. The summed E-state index contributed by atoms with van der Waals surface area (Å²) in [7, 11) is 0. The standard InChI is InChI=1S/C18H18O4/c1-11-4-6-12(7-5-11)8-13-9-14(13)10-15-16(19)21-18(2,3)22-17(15)20/h4-8,10,14H,9H2,1-3H3/b13-8+. The van der Waals surface area contributed by atoms with Gasteiger partial charge in [0.1, 0.15) is 5.57 Å². The maximum atomic E-state index is 11.9. The second-order valence-corrected chi connectivity index (χ2v) is 6.20. The zero-order valence-corrected chi connectivity index (χ0v) is 12.9. The van der Waals surface area contributed by atoms with Crippen LogP contribution < -0.4 is 0 Å². The van der Waals surface area contributed by atoms with E-state index in [1.807, 2.05) is 6.92 Å². The van der Waals surface area contributed by atoms with Crippen LogP contribution in [0, 0.1) is 12.8 Å². The molecular formula is C18H18O4. The normalized spacial score (nSPS) is 24.8. The lowest BCUT2D eigenvalue weighted by Gasteiger charge is -2.29. The van der Waals surface area contributed by atoms with Crippen molar-refractivity contribution in [3.05, 3.63) is 52.6 Å². The third kappa shape index (κ3) is 3.11. The summed E-state index contributed by atoms with van der Waals surface area (Å²) >= 11 is 0. The van der Waals surface area contributed by atoms with Gasteiger partial charge in [-0.15, -0.1) is 0 Å². The van der Waals surface area contributed by atoms with Crippen LogP contribution in [0.2, 0.25) is 0 Å². The largest absolute Gasteiger partial charge is 0.419 e. The van der Waals surface area contributed by atoms with Crippen LogP contribution in [-0.4, -0.2) is 17.7 Å². The van der Waals surface area contributed by atoms with E-state index in [0.29, 0.717) is 0 Å². The number of cyclic esters (lactones) is 2. The predicted octanol–water partition coefficient (Wildman–Crippen LogP) is 3.16. The molecule has 0 amide bonds. The molecule has 0 N–H and O–H groups in total. The molecule has 0 aromatic heterocycles. The van der Waals surface area contributed by atoms with Crippen molar-refractivity contribution < 1.29 is 19.1 Å². The van der Waals surface area contributed by atoms with Crippen LogP contribution >= 0.6 is 0 Å². The van der Waals surface area contributed by atoms with E-state index in [1.54, 1.807) is 19.9 Å². The highest BCUT2D eigenvalue weighted by Gasteiger charge is 2.40. The molecule has 4 heteroatoms. The van der Waals surface area contributed by atoms with Gasteiger partial charge in [-0.05, 0) is 18.9 Å². The number of rotatable bonds is 2. The van der Waals surface area contributed by atoms with Crippen molar-refractivity contribution in [3.63, 3.8) is 0 Å². The number of aryl methyl sites for hydroxylation is 1. The topological polar surface area (TPSA) is 52.6 Å². The molecular weight excluding hydrogens is 280 g/mol. The van der Waals surface area contributed by atoms with Gasteiger partial charge in [0.25, 0.3) is 5.79 Å². The van der Waals surface area contributed by atoms with Gasteiger partial charge >= 0.3 is 11.9 Å². The first-order chi connectivity index (χ1) is 10.3. The van der Waals surface area contributed by atoms with E-state index in [-0.39, 0.29) is 11.5 Å². The van der Waals surface area contributed by atoms with Crippen molar-refractivity contribution in [1.29, 1.82) is 0 Å². The van der Waals surface area contributed by atoms with Gasteiger partial charge in [-0.3, -0.25) is 0 Å². The molecule has 4 nitrogen and oxygen atoms in total. The summed E-state index contributed by atoms with van der Waals surface area (Å²) in [6, 6.07) is 8.22. The van der Waals surface area contributed by atoms with Crippen molar-refractivity contribution in [2.24, 2.45) is 5.92 Å². The molecule has 0 spiro atoms. The van der Waals surface area contributed by atoms with E-state index in [4.69, 9.17) is 9.47 Å². The number of benzene rings is 1. The molecule has 22 heavy (non-hydrogen) atoms. The first-order valence-electron chi connectivity index (χ1n) is 7.30. The number of esters is 2. The summed E-state index contributed by atoms with van der Waals surface area (Å²) in [6.45, 7) is 5.13. The molecule has 1 aromatic rings. The number of allylic oxidation sites excluding steroid dienone is 2. The predicted molar refractivity (Wildman–Crippen MR) is 81.6 cm³/mol. The molecule has 2 fully saturated rings. The summed E-state index contributed by atoms with van der Waals surface area (Å²) < 4.78 is 10.2. The van der Waals surface area contributed by atoms with Crippen molar-refractivity contribution in [2.45, 2.75) is 33.0 Å². The molecule has 1 aromatic carbocycles. The number of carbonyl (C=O) groups is 2. The van der Waals surface area contributed by atoms with Gasteiger partial charge in [-0.25, -0.2) is 9.59 Å². The van der Waals surface area contributed by atoms with Crippen molar-refractivity contribution in [3.8, 4) is 0 Å². The molecule has 1 aliphatic heterocycles.